The Labute approximate surface area is 146 Å². The van der Waals surface area contributed by atoms with Gasteiger partial charge in [0.25, 0.3) is 5.91 Å². The maximum atomic E-state index is 12.6. The van der Waals surface area contributed by atoms with Crippen LogP contribution in [0.1, 0.15) is 34.6 Å². The molecule has 0 unspecified atom stereocenters. The third-order valence-corrected chi connectivity index (χ3v) is 7.27. The first-order chi connectivity index (χ1) is 11.4. The van der Waals surface area contributed by atoms with Crippen molar-refractivity contribution in [2.24, 2.45) is 0 Å². The Balaban J connectivity index is 1.77. The maximum absolute atomic E-state index is 12.6. The second kappa shape index (κ2) is 6.57. The molecule has 7 heteroatoms. The Hall–Kier alpha value is -1.86. The number of sulfonamides is 1. The van der Waals surface area contributed by atoms with Gasteiger partial charge >= 0.3 is 0 Å². The number of amides is 1. The summed E-state index contributed by atoms with van der Waals surface area (Å²) in [6.45, 7) is 2.50. The molecule has 1 aromatic carbocycles. The van der Waals surface area contributed by atoms with E-state index < -0.39 is 10.0 Å². The Morgan fingerprint density at radius 2 is 1.96 bits per heavy atom. The lowest BCUT2D eigenvalue weighted by Gasteiger charge is -2.24. The number of benzene rings is 1. The van der Waals surface area contributed by atoms with Gasteiger partial charge in [0.15, 0.2) is 0 Å². The summed E-state index contributed by atoms with van der Waals surface area (Å²) in [4.78, 5) is 15.5. The molecule has 1 saturated heterocycles. The largest absolute Gasteiger partial charge is 0.334 e. The van der Waals surface area contributed by atoms with Gasteiger partial charge in [0, 0.05) is 24.0 Å². The van der Waals surface area contributed by atoms with Gasteiger partial charge in [0.05, 0.1) is 17.5 Å². The number of rotatable bonds is 4. The summed E-state index contributed by atoms with van der Waals surface area (Å²) in [6, 6.07) is 10.8. The molecule has 1 aliphatic rings. The first-order valence-corrected chi connectivity index (χ1v) is 10.3. The van der Waals surface area contributed by atoms with Crippen molar-refractivity contribution < 1.29 is 13.2 Å². The van der Waals surface area contributed by atoms with E-state index in [0.29, 0.717) is 24.2 Å². The molecule has 24 heavy (non-hydrogen) atoms. The Morgan fingerprint density at radius 1 is 1.25 bits per heavy atom. The molecule has 2 heterocycles. The molecule has 1 fully saturated rings. The fraction of sp³-hybridized carbons (Fsp3) is 0.353. The quantitative estimate of drug-likeness (QED) is 0.837. The average molecular weight is 364 g/mol. The number of nitrogens with zero attached hydrogens (tertiary/aromatic N) is 2. The lowest BCUT2D eigenvalue weighted by atomic mass is 10.1. The van der Waals surface area contributed by atoms with Crippen LogP contribution in [-0.4, -0.2) is 38.6 Å². The van der Waals surface area contributed by atoms with Crippen molar-refractivity contribution in [1.29, 1.82) is 0 Å². The minimum Gasteiger partial charge on any atom is -0.334 e. The van der Waals surface area contributed by atoms with Crippen LogP contribution in [0, 0.1) is 0 Å². The average Bonchev–Trinajstić information content (AvgIpc) is 3.22. The molecule has 0 saturated carbocycles. The standard InChI is InChI=1S/C17H20N2O3S2/c1-13(16-5-3-11-23-16)18(2)17(20)14-6-8-15(9-7-14)19-10-4-12-24(19,21)22/h3,5-9,11,13H,4,10,12H2,1-2H3/t13-/m1/s1. The van der Waals surface area contributed by atoms with Crippen LogP contribution in [-0.2, 0) is 10.0 Å². The van der Waals surface area contributed by atoms with Crippen molar-refractivity contribution in [3.63, 3.8) is 0 Å². The van der Waals surface area contributed by atoms with E-state index in [1.807, 2.05) is 24.4 Å². The zero-order valence-corrected chi connectivity index (χ0v) is 15.3. The van der Waals surface area contributed by atoms with Gasteiger partial charge in [-0.2, -0.15) is 0 Å². The summed E-state index contributed by atoms with van der Waals surface area (Å²) in [7, 11) is -1.41. The van der Waals surface area contributed by atoms with Crippen molar-refractivity contribution in [2.45, 2.75) is 19.4 Å². The van der Waals surface area contributed by atoms with Crippen LogP contribution in [0.5, 0.6) is 0 Å². The monoisotopic (exact) mass is 364 g/mol. The Morgan fingerprint density at radius 3 is 2.50 bits per heavy atom. The van der Waals surface area contributed by atoms with Crippen LogP contribution >= 0.6 is 11.3 Å². The molecule has 1 aromatic heterocycles. The van der Waals surface area contributed by atoms with Gasteiger partial charge in [0.1, 0.15) is 0 Å². The van der Waals surface area contributed by atoms with Gasteiger partial charge in [-0.3, -0.25) is 9.10 Å². The minimum atomic E-state index is -3.19. The van der Waals surface area contributed by atoms with Gasteiger partial charge in [-0.15, -0.1) is 11.3 Å². The molecule has 0 spiro atoms. The number of hydrogen-bond donors (Lipinski definition) is 0. The number of thiophene rings is 1. The zero-order valence-electron chi connectivity index (χ0n) is 13.7. The van der Waals surface area contributed by atoms with Crippen LogP contribution < -0.4 is 4.31 Å². The van der Waals surface area contributed by atoms with Crippen LogP contribution in [0.25, 0.3) is 0 Å². The predicted molar refractivity (Wildman–Crippen MR) is 97.0 cm³/mol. The van der Waals surface area contributed by atoms with Crippen molar-refractivity contribution in [3.05, 3.63) is 52.2 Å². The molecule has 1 amide bonds. The molecule has 1 atom stereocenters. The molecular weight excluding hydrogens is 344 g/mol. The van der Waals surface area contributed by atoms with E-state index in [1.54, 1.807) is 47.5 Å². The van der Waals surface area contributed by atoms with Crippen LogP contribution in [0.2, 0.25) is 0 Å². The first-order valence-electron chi connectivity index (χ1n) is 7.81. The summed E-state index contributed by atoms with van der Waals surface area (Å²) in [5.74, 6) is 0.112. The second-order valence-electron chi connectivity index (χ2n) is 5.90. The lowest BCUT2D eigenvalue weighted by Crippen LogP contribution is -2.29. The molecule has 3 rings (SSSR count). The van der Waals surface area contributed by atoms with Gasteiger partial charge in [-0.25, -0.2) is 8.42 Å². The second-order valence-corrected chi connectivity index (χ2v) is 8.89. The van der Waals surface area contributed by atoms with E-state index in [2.05, 4.69) is 0 Å². The number of carbonyl (C=O) groups excluding carboxylic acids is 1. The van der Waals surface area contributed by atoms with Gasteiger partial charge in [-0.1, -0.05) is 6.07 Å². The highest BCUT2D eigenvalue weighted by Gasteiger charge is 2.28. The fourth-order valence-corrected chi connectivity index (χ4v) is 5.19. The molecule has 0 bridgehead atoms. The van der Waals surface area contributed by atoms with E-state index in [4.69, 9.17) is 0 Å². The Bertz CT molecular complexity index is 814. The van der Waals surface area contributed by atoms with E-state index in [-0.39, 0.29) is 17.7 Å². The van der Waals surface area contributed by atoms with Crippen LogP contribution in [0.4, 0.5) is 5.69 Å². The zero-order chi connectivity index (χ0) is 17.3. The number of anilines is 1. The fourth-order valence-electron chi connectivity index (χ4n) is 2.80. The highest BCUT2D eigenvalue weighted by atomic mass is 32.2. The summed E-state index contributed by atoms with van der Waals surface area (Å²) in [6.07, 6.45) is 0.643. The van der Waals surface area contributed by atoms with Crippen molar-refractivity contribution in [2.75, 3.05) is 23.7 Å². The van der Waals surface area contributed by atoms with Gasteiger partial charge in [-0.05, 0) is 49.1 Å². The lowest BCUT2D eigenvalue weighted by molar-refractivity contribution is 0.0745. The molecule has 0 radical (unpaired) electrons. The molecule has 5 nitrogen and oxygen atoms in total. The summed E-state index contributed by atoms with van der Waals surface area (Å²) in [5, 5.41) is 2.00. The molecular formula is C17H20N2O3S2. The third kappa shape index (κ3) is 3.18. The highest BCUT2D eigenvalue weighted by Crippen LogP contribution is 2.27. The molecule has 0 N–H and O–H groups in total. The van der Waals surface area contributed by atoms with E-state index >= 15 is 0 Å². The van der Waals surface area contributed by atoms with Crippen molar-refractivity contribution in [1.82, 2.24) is 4.90 Å². The SMILES string of the molecule is C[C@H](c1cccs1)N(C)C(=O)c1ccc(N2CCCS2(=O)=O)cc1. The summed E-state index contributed by atoms with van der Waals surface area (Å²) >= 11 is 1.62. The highest BCUT2D eigenvalue weighted by molar-refractivity contribution is 7.93. The smallest absolute Gasteiger partial charge is 0.254 e. The Kier molecular flexibility index (Phi) is 4.64. The third-order valence-electron chi connectivity index (χ3n) is 4.36. The topological polar surface area (TPSA) is 57.7 Å². The van der Waals surface area contributed by atoms with E-state index in [0.717, 1.165) is 4.88 Å². The predicted octanol–water partition coefficient (Wildman–Crippen LogP) is 3.12. The summed E-state index contributed by atoms with van der Waals surface area (Å²) in [5.41, 5.74) is 1.18. The van der Waals surface area contributed by atoms with Gasteiger partial charge < -0.3 is 4.90 Å². The molecule has 1 aliphatic heterocycles. The van der Waals surface area contributed by atoms with Crippen molar-refractivity contribution >= 4 is 33.0 Å². The normalized spacial score (nSPS) is 17.7. The maximum Gasteiger partial charge on any atom is 0.254 e. The van der Waals surface area contributed by atoms with Crippen LogP contribution in [0.3, 0.4) is 0 Å². The summed E-state index contributed by atoms with van der Waals surface area (Å²) < 4.78 is 25.3. The number of hydrogen-bond acceptors (Lipinski definition) is 4. The van der Waals surface area contributed by atoms with E-state index in [9.17, 15) is 13.2 Å². The number of carbonyl (C=O) groups is 1. The first kappa shape index (κ1) is 17.0. The van der Waals surface area contributed by atoms with E-state index in [1.165, 1.54) is 4.31 Å². The molecule has 0 aliphatic carbocycles. The minimum absolute atomic E-state index is 0.00358. The van der Waals surface area contributed by atoms with Gasteiger partial charge in [0.2, 0.25) is 10.0 Å². The molecule has 2 aromatic rings. The van der Waals surface area contributed by atoms with Crippen molar-refractivity contribution in [3.8, 4) is 0 Å². The molecule has 128 valence electrons. The van der Waals surface area contributed by atoms with Crippen LogP contribution in [0.15, 0.2) is 41.8 Å².